The molecule has 0 spiro atoms. The lowest BCUT2D eigenvalue weighted by molar-refractivity contribution is -0.141. The molecule has 0 fully saturated rings. The van der Waals surface area contributed by atoms with Crippen LogP contribution in [-0.2, 0) is 27.8 Å². The quantitative estimate of drug-likeness (QED) is 0.178. The van der Waals surface area contributed by atoms with Gasteiger partial charge in [0.05, 0.1) is 6.26 Å². The average molecular weight is 483 g/mol. The summed E-state index contributed by atoms with van der Waals surface area (Å²) in [6.45, 7) is 0.0796. The molecule has 0 saturated heterocycles. The van der Waals surface area contributed by atoms with Crippen LogP contribution in [0.2, 0.25) is 0 Å². The summed E-state index contributed by atoms with van der Waals surface area (Å²) in [7, 11) is -4.24. The normalized spacial score (nSPS) is 13.3. The minimum absolute atomic E-state index is 0.0291. The number of nitrogens with two attached hydrogens (primary N) is 2. The summed E-state index contributed by atoms with van der Waals surface area (Å²) in [5, 5.41) is 9.70. The highest BCUT2D eigenvalue weighted by Gasteiger charge is 2.38. The van der Waals surface area contributed by atoms with Crippen LogP contribution < -0.4 is 11.5 Å². The third kappa shape index (κ3) is 4.68. The monoisotopic (exact) mass is 482 g/mol. The number of furan rings is 1. The van der Waals surface area contributed by atoms with Crippen LogP contribution in [0.5, 0.6) is 0 Å². The number of aliphatic imine (C=N–C) groups is 1. The Morgan fingerprint density at radius 2 is 1.85 bits per heavy atom. The fourth-order valence-electron chi connectivity index (χ4n) is 4.31. The van der Waals surface area contributed by atoms with E-state index in [1.807, 2.05) is 42.5 Å². The first kappa shape index (κ1) is 23.5. The molecule has 0 aliphatic heterocycles. The van der Waals surface area contributed by atoms with Crippen LogP contribution in [0.1, 0.15) is 29.5 Å². The minimum Gasteiger partial charge on any atom is -0.480 e. The molecule has 5 N–H and O–H groups in total. The molecule has 178 valence electrons. The summed E-state index contributed by atoms with van der Waals surface area (Å²) in [6.07, 6.45) is 2.22. The van der Waals surface area contributed by atoms with E-state index in [1.54, 1.807) is 0 Å². The van der Waals surface area contributed by atoms with E-state index in [2.05, 4.69) is 4.99 Å². The zero-order chi connectivity index (χ0) is 24.3. The number of hydrogen-bond acceptors (Lipinski definition) is 5. The van der Waals surface area contributed by atoms with Gasteiger partial charge in [-0.2, -0.15) is 4.31 Å². The van der Waals surface area contributed by atoms with Gasteiger partial charge in [0.1, 0.15) is 6.04 Å². The molecule has 1 aliphatic rings. The number of carboxylic acid groups (broad SMARTS) is 1. The predicted octanol–water partition coefficient (Wildman–Crippen LogP) is 2.55. The van der Waals surface area contributed by atoms with Gasteiger partial charge < -0.3 is 21.0 Å². The largest absolute Gasteiger partial charge is 0.480 e. The van der Waals surface area contributed by atoms with Crippen molar-refractivity contribution in [3.63, 3.8) is 0 Å². The molecule has 0 amide bonds. The maximum absolute atomic E-state index is 13.5. The highest BCUT2D eigenvalue weighted by atomic mass is 32.2. The maximum atomic E-state index is 13.5. The van der Waals surface area contributed by atoms with Crippen LogP contribution >= 0.6 is 0 Å². The molecule has 10 heteroatoms. The maximum Gasteiger partial charge on any atom is 0.322 e. The van der Waals surface area contributed by atoms with Gasteiger partial charge in [-0.1, -0.05) is 42.5 Å². The molecule has 1 aliphatic carbocycles. The molecule has 1 unspecified atom stereocenters. The Kier molecular flexibility index (Phi) is 6.71. The lowest BCUT2D eigenvalue weighted by Gasteiger charge is -2.28. The molecule has 34 heavy (non-hydrogen) atoms. The standard InChI is InChI=1S/C24H26N4O5S/c25-24(26)27-12-4-10-21(23(29)30)28(34(31,32)22-11-5-13-33-22)15-17-7-3-9-19-18-8-2-1-6-16(18)14-20(17)19/h1-3,5-9,11,13,21H,4,10,12,14-15H2,(H,29,30)(H4,25,26,27). The molecule has 2 aromatic carbocycles. The highest BCUT2D eigenvalue weighted by Crippen LogP contribution is 2.39. The molecule has 4 rings (SSSR count). The van der Waals surface area contributed by atoms with Gasteiger partial charge >= 0.3 is 5.97 Å². The first-order valence-electron chi connectivity index (χ1n) is 10.8. The molecule has 1 atom stereocenters. The summed E-state index contributed by atoms with van der Waals surface area (Å²) in [4.78, 5) is 16.1. The summed E-state index contributed by atoms with van der Waals surface area (Å²) in [6, 6.07) is 15.1. The second-order valence-electron chi connectivity index (χ2n) is 8.06. The molecule has 0 radical (unpaired) electrons. The van der Waals surface area contributed by atoms with Crippen molar-refractivity contribution in [1.82, 2.24) is 4.31 Å². The predicted molar refractivity (Wildman–Crippen MR) is 127 cm³/mol. The first-order chi connectivity index (χ1) is 16.3. The van der Waals surface area contributed by atoms with Crippen molar-refractivity contribution in [1.29, 1.82) is 0 Å². The zero-order valence-electron chi connectivity index (χ0n) is 18.4. The molecular weight excluding hydrogens is 456 g/mol. The third-order valence-corrected chi connectivity index (χ3v) is 7.64. The van der Waals surface area contributed by atoms with E-state index < -0.39 is 22.0 Å². The van der Waals surface area contributed by atoms with Crippen molar-refractivity contribution in [3.8, 4) is 11.1 Å². The molecule has 3 aromatic rings. The van der Waals surface area contributed by atoms with Crippen LogP contribution in [-0.4, -0.2) is 42.3 Å². The Morgan fingerprint density at radius 3 is 2.56 bits per heavy atom. The van der Waals surface area contributed by atoms with E-state index in [9.17, 15) is 18.3 Å². The van der Waals surface area contributed by atoms with Crippen molar-refractivity contribution >= 4 is 22.0 Å². The Balaban J connectivity index is 1.71. The van der Waals surface area contributed by atoms with Gasteiger partial charge in [-0.25, -0.2) is 8.42 Å². The van der Waals surface area contributed by atoms with E-state index in [0.717, 1.165) is 32.1 Å². The van der Waals surface area contributed by atoms with Gasteiger partial charge in [-0.15, -0.1) is 0 Å². The van der Waals surface area contributed by atoms with Crippen molar-refractivity contribution in [2.45, 2.75) is 36.9 Å². The number of hydrogen-bond donors (Lipinski definition) is 3. The number of aliphatic carboxylic acids is 1. The van der Waals surface area contributed by atoms with E-state index in [1.165, 1.54) is 18.4 Å². The second-order valence-corrected chi connectivity index (χ2v) is 9.88. The van der Waals surface area contributed by atoms with Crippen molar-refractivity contribution < 1.29 is 22.7 Å². The van der Waals surface area contributed by atoms with Gasteiger partial charge in [-0.3, -0.25) is 9.79 Å². The SMILES string of the molecule is NC(N)=NCCCC(C(=O)O)N(Cc1cccc2c1Cc1ccccc1-2)S(=O)(=O)c1ccco1. The summed E-state index contributed by atoms with van der Waals surface area (Å²) >= 11 is 0. The highest BCUT2D eigenvalue weighted by molar-refractivity contribution is 7.89. The Hall–Kier alpha value is -3.63. The van der Waals surface area contributed by atoms with Gasteiger partial charge in [0, 0.05) is 13.1 Å². The molecular formula is C24H26N4O5S. The van der Waals surface area contributed by atoms with Crippen molar-refractivity contribution in [2.75, 3.05) is 6.54 Å². The second kappa shape index (κ2) is 9.70. The third-order valence-electron chi connectivity index (χ3n) is 5.89. The van der Waals surface area contributed by atoms with Gasteiger partial charge in [0.15, 0.2) is 5.96 Å². The van der Waals surface area contributed by atoms with Crippen LogP contribution in [0.15, 0.2) is 75.4 Å². The van der Waals surface area contributed by atoms with Crippen LogP contribution in [0.3, 0.4) is 0 Å². The van der Waals surface area contributed by atoms with Crippen LogP contribution in [0.4, 0.5) is 0 Å². The van der Waals surface area contributed by atoms with Crippen LogP contribution in [0, 0.1) is 0 Å². The Bertz CT molecular complexity index is 1310. The number of nitrogens with zero attached hydrogens (tertiary/aromatic N) is 2. The zero-order valence-corrected chi connectivity index (χ0v) is 19.2. The number of benzene rings is 2. The number of fused-ring (bicyclic) bond motifs is 3. The fraction of sp³-hybridized carbons (Fsp3) is 0.250. The van der Waals surface area contributed by atoms with E-state index in [4.69, 9.17) is 15.9 Å². The lowest BCUT2D eigenvalue weighted by atomic mass is 10.0. The summed E-state index contributed by atoms with van der Waals surface area (Å²) in [5.74, 6) is -1.36. The first-order valence-corrected chi connectivity index (χ1v) is 12.3. The topological polar surface area (TPSA) is 152 Å². The van der Waals surface area contributed by atoms with E-state index in [0.29, 0.717) is 6.42 Å². The molecule has 1 aromatic heterocycles. The number of sulfonamides is 1. The summed E-state index contributed by atoms with van der Waals surface area (Å²) < 4.78 is 33.2. The average Bonchev–Trinajstić information content (AvgIpc) is 3.46. The minimum atomic E-state index is -4.24. The molecule has 9 nitrogen and oxygen atoms in total. The van der Waals surface area contributed by atoms with Gasteiger partial charge in [0.25, 0.3) is 10.0 Å². The van der Waals surface area contributed by atoms with Gasteiger partial charge in [-0.05, 0) is 59.2 Å². The van der Waals surface area contributed by atoms with Crippen molar-refractivity contribution in [2.24, 2.45) is 16.5 Å². The molecule has 0 bridgehead atoms. The van der Waals surface area contributed by atoms with Gasteiger partial charge in [0.2, 0.25) is 5.09 Å². The number of carboxylic acids is 1. The smallest absolute Gasteiger partial charge is 0.322 e. The Morgan fingerprint density at radius 1 is 1.09 bits per heavy atom. The fourth-order valence-corrected chi connectivity index (χ4v) is 5.81. The number of guanidine groups is 1. The van der Waals surface area contributed by atoms with E-state index in [-0.39, 0.29) is 37.0 Å². The number of rotatable bonds is 10. The van der Waals surface area contributed by atoms with Crippen LogP contribution in [0.25, 0.3) is 11.1 Å². The van der Waals surface area contributed by atoms with E-state index >= 15 is 0 Å². The lowest BCUT2D eigenvalue weighted by Crippen LogP contribution is -2.44. The summed E-state index contributed by atoms with van der Waals surface area (Å²) in [5.41, 5.74) is 15.7. The Labute approximate surface area is 197 Å². The molecule has 1 heterocycles. The number of carbonyl (C=O) groups is 1. The molecule has 0 saturated carbocycles. The van der Waals surface area contributed by atoms with Crippen molar-refractivity contribution in [3.05, 3.63) is 77.6 Å².